The summed E-state index contributed by atoms with van der Waals surface area (Å²) in [4.78, 5) is 0. The van der Waals surface area contributed by atoms with Crippen LogP contribution < -0.4 is 0 Å². The maximum atomic E-state index is 14.6. The Kier molecular flexibility index (Phi) is 6.17. The topological polar surface area (TPSA) is 20.2 Å². The van der Waals surface area contributed by atoms with Crippen LogP contribution in [-0.4, -0.2) is 17.4 Å². The zero-order valence-corrected chi connectivity index (χ0v) is 19.8. The van der Waals surface area contributed by atoms with Crippen LogP contribution in [0.4, 0.5) is 4.39 Å². The van der Waals surface area contributed by atoms with Crippen LogP contribution in [0.15, 0.2) is 0 Å². The molecular weight excluding hydrogens is 359 g/mol. The number of alkyl halides is 1. The Bertz CT molecular complexity index is 575. The maximum Gasteiger partial charge on any atom is 0.126 e. The number of hydrogen-bond acceptors (Lipinski definition) is 1. The highest BCUT2D eigenvalue weighted by Gasteiger charge is 2.61. The van der Waals surface area contributed by atoms with Gasteiger partial charge in [0.25, 0.3) is 0 Å². The van der Waals surface area contributed by atoms with Crippen molar-refractivity contribution in [3.8, 4) is 0 Å². The van der Waals surface area contributed by atoms with E-state index in [0.29, 0.717) is 30.1 Å². The van der Waals surface area contributed by atoms with Gasteiger partial charge in [-0.3, -0.25) is 0 Å². The van der Waals surface area contributed by atoms with E-state index >= 15 is 0 Å². The summed E-state index contributed by atoms with van der Waals surface area (Å²) in [6, 6.07) is 0. The zero-order chi connectivity index (χ0) is 21.0. The molecule has 0 aromatic carbocycles. The van der Waals surface area contributed by atoms with Crippen molar-refractivity contribution in [2.24, 2.45) is 52.3 Å². The highest BCUT2D eigenvalue weighted by Crippen LogP contribution is 2.68. The van der Waals surface area contributed by atoms with E-state index in [1.807, 2.05) is 0 Å². The van der Waals surface area contributed by atoms with Gasteiger partial charge < -0.3 is 5.11 Å². The lowest BCUT2D eigenvalue weighted by Gasteiger charge is -2.61. The third kappa shape index (κ3) is 3.72. The molecule has 4 rings (SSSR count). The van der Waals surface area contributed by atoms with Crippen molar-refractivity contribution in [2.75, 3.05) is 0 Å². The van der Waals surface area contributed by atoms with Crippen molar-refractivity contribution in [2.45, 2.75) is 118 Å². The van der Waals surface area contributed by atoms with E-state index in [1.54, 1.807) is 0 Å². The summed E-state index contributed by atoms with van der Waals surface area (Å²) in [5.41, 5.74) is 0.648. The maximum absolute atomic E-state index is 14.6. The molecule has 4 saturated carbocycles. The third-order valence-corrected chi connectivity index (χ3v) is 10.8. The minimum Gasteiger partial charge on any atom is -0.390 e. The van der Waals surface area contributed by atoms with E-state index in [4.69, 9.17) is 0 Å². The summed E-state index contributed by atoms with van der Waals surface area (Å²) in [6.45, 7) is 12.3. The largest absolute Gasteiger partial charge is 0.390 e. The zero-order valence-electron chi connectivity index (χ0n) is 19.8. The molecule has 0 aliphatic heterocycles. The first kappa shape index (κ1) is 22.1. The normalized spacial score (nSPS) is 50.7. The van der Waals surface area contributed by atoms with Gasteiger partial charge in [0.15, 0.2) is 0 Å². The van der Waals surface area contributed by atoms with Gasteiger partial charge in [-0.25, -0.2) is 4.39 Å². The highest BCUT2D eigenvalue weighted by molar-refractivity contribution is 5.10. The molecule has 0 spiro atoms. The smallest absolute Gasteiger partial charge is 0.126 e. The SMILES string of the molecule is CC(C)CCC[C@@H](C)[C@H]1CC[C@H]2[C@@H]3CC[C@H]4C[C@@H](O)[C@H](F)C[C@]4(C)[C@H]3CC[C@]12C. The number of fused-ring (bicyclic) bond motifs is 5. The third-order valence-electron chi connectivity index (χ3n) is 10.8. The average molecular weight is 407 g/mol. The molecule has 168 valence electrons. The molecule has 4 fully saturated rings. The standard InChI is InChI=1S/C27H47FO/c1-17(2)7-6-8-18(3)21-11-12-22-20-10-9-19-15-25(29)24(28)16-27(19,5)23(20)13-14-26(21,22)4/h17-25,29H,6-16H2,1-5H3/t18-,19+,20+,21-,22+,23+,24-,25-,26-,27+/m1/s1. The Morgan fingerprint density at radius 3 is 2.38 bits per heavy atom. The number of hydrogen-bond donors (Lipinski definition) is 1. The monoisotopic (exact) mass is 406 g/mol. The van der Waals surface area contributed by atoms with E-state index in [1.165, 1.54) is 57.8 Å². The fourth-order valence-electron chi connectivity index (χ4n) is 9.26. The summed E-state index contributed by atoms with van der Waals surface area (Å²) in [5, 5.41) is 10.1. The fraction of sp³-hybridized carbons (Fsp3) is 1.00. The van der Waals surface area contributed by atoms with Crippen LogP contribution in [0.25, 0.3) is 0 Å². The Hall–Kier alpha value is -0.110. The van der Waals surface area contributed by atoms with Crippen molar-refractivity contribution < 1.29 is 9.50 Å². The Morgan fingerprint density at radius 2 is 1.66 bits per heavy atom. The quantitative estimate of drug-likeness (QED) is 0.504. The van der Waals surface area contributed by atoms with Gasteiger partial charge in [0, 0.05) is 0 Å². The molecule has 0 aromatic rings. The second kappa shape index (κ2) is 8.10. The van der Waals surface area contributed by atoms with Gasteiger partial charge in [0.1, 0.15) is 6.17 Å². The summed E-state index contributed by atoms with van der Waals surface area (Å²) in [5.74, 6) is 5.49. The molecule has 1 N–H and O–H groups in total. The lowest BCUT2D eigenvalue weighted by molar-refractivity contribution is -0.147. The van der Waals surface area contributed by atoms with Gasteiger partial charge >= 0.3 is 0 Å². The molecule has 0 amide bonds. The van der Waals surface area contributed by atoms with Gasteiger partial charge in [0.2, 0.25) is 0 Å². The molecule has 0 unspecified atom stereocenters. The number of rotatable bonds is 5. The van der Waals surface area contributed by atoms with Crippen LogP contribution in [0.2, 0.25) is 0 Å². The molecule has 0 radical (unpaired) electrons. The summed E-state index contributed by atoms with van der Waals surface area (Å²) in [6.07, 6.45) is 11.9. The predicted molar refractivity (Wildman–Crippen MR) is 119 cm³/mol. The summed E-state index contributed by atoms with van der Waals surface area (Å²) < 4.78 is 14.6. The number of aliphatic hydroxyl groups excluding tert-OH is 1. The van der Waals surface area contributed by atoms with Crippen molar-refractivity contribution in [3.05, 3.63) is 0 Å². The summed E-state index contributed by atoms with van der Waals surface area (Å²) in [7, 11) is 0. The van der Waals surface area contributed by atoms with Crippen molar-refractivity contribution in [1.82, 2.24) is 0 Å². The minimum absolute atomic E-state index is 0.129. The van der Waals surface area contributed by atoms with Crippen molar-refractivity contribution in [1.29, 1.82) is 0 Å². The number of aliphatic hydroxyl groups is 1. The minimum atomic E-state index is -0.999. The van der Waals surface area contributed by atoms with Crippen LogP contribution in [0.5, 0.6) is 0 Å². The van der Waals surface area contributed by atoms with E-state index in [0.717, 1.165) is 29.6 Å². The van der Waals surface area contributed by atoms with Crippen LogP contribution >= 0.6 is 0 Å². The molecule has 2 heteroatoms. The summed E-state index contributed by atoms with van der Waals surface area (Å²) >= 11 is 0. The van der Waals surface area contributed by atoms with E-state index in [-0.39, 0.29) is 5.41 Å². The average Bonchev–Trinajstić information content (AvgIpc) is 3.00. The molecule has 0 aromatic heterocycles. The second-order valence-corrected chi connectivity index (χ2v) is 12.7. The first-order valence-electron chi connectivity index (χ1n) is 13.0. The Balaban J connectivity index is 1.47. The van der Waals surface area contributed by atoms with Gasteiger partial charge in [0.05, 0.1) is 6.10 Å². The first-order valence-corrected chi connectivity index (χ1v) is 13.0. The Labute approximate surface area is 179 Å². The first-order chi connectivity index (χ1) is 13.7. The van der Waals surface area contributed by atoms with Crippen molar-refractivity contribution >= 4 is 0 Å². The lowest BCUT2D eigenvalue weighted by Crippen LogP contribution is -2.56. The van der Waals surface area contributed by atoms with Crippen LogP contribution in [0, 0.1) is 52.3 Å². The molecule has 0 heterocycles. The molecule has 10 atom stereocenters. The van der Waals surface area contributed by atoms with E-state index in [9.17, 15) is 9.50 Å². The predicted octanol–water partition coefficient (Wildman–Crippen LogP) is 7.42. The van der Waals surface area contributed by atoms with E-state index < -0.39 is 12.3 Å². The van der Waals surface area contributed by atoms with Gasteiger partial charge in [-0.1, -0.05) is 53.9 Å². The van der Waals surface area contributed by atoms with Crippen LogP contribution in [-0.2, 0) is 0 Å². The van der Waals surface area contributed by atoms with Crippen LogP contribution in [0.1, 0.15) is 105 Å². The molecule has 0 saturated heterocycles. The van der Waals surface area contributed by atoms with Crippen molar-refractivity contribution in [3.63, 3.8) is 0 Å². The van der Waals surface area contributed by atoms with E-state index in [2.05, 4.69) is 34.6 Å². The lowest BCUT2D eigenvalue weighted by atomic mass is 9.44. The number of halogens is 1. The van der Waals surface area contributed by atoms with Gasteiger partial charge in [-0.15, -0.1) is 0 Å². The molecular formula is C27H47FO. The van der Waals surface area contributed by atoms with Gasteiger partial charge in [-0.05, 0) is 104 Å². The molecule has 1 nitrogen and oxygen atoms in total. The molecule has 4 aliphatic carbocycles. The molecule has 0 bridgehead atoms. The molecule has 4 aliphatic rings. The second-order valence-electron chi connectivity index (χ2n) is 12.7. The fourth-order valence-corrected chi connectivity index (χ4v) is 9.26. The molecule has 29 heavy (non-hydrogen) atoms. The Morgan fingerprint density at radius 1 is 0.931 bits per heavy atom. The highest BCUT2D eigenvalue weighted by atomic mass is 19.1. The van der Waals surface area contributed by atoms with Gasteiger partial charge in [-0.2, -0.15) is 0 Å². The van der Waals surface area contributed by atoms with Crippen LogP contribution in [0.3, 0.4) is 0 Å².